The van der Waals surface area contributed by atoms with E-state index in [0.717, 1.165) is 0 Å². The number of aromatic nitrogens is 4. The molecule has 2 aromatic rings. The van der Waals surface area contributed by atoms with E-state index < -0.39 is 0 Å². The van der Waals surface area contributed by atoms with E-state index in [1.54, 1.807) is 31.3 Å². The zero-order valence-electron chi connectivity index (χ0n) is 8.16. The maximum atomic E-state index is 11.6. The number of aryl methyl sites for hydroxylation is 1. The van der Waals surface area contributed by atoms with E-state index >= 15 is 0 Å². The molecule has 0 saturated heterocycles. The first kappa shape index (κ1) is 9.32. The molecule has 0 spiro atoms. The second-order valence-electron chi connectivity index (χ2n) is 2.96. The fraction of sp³-hybridized carbons (Fsp3) is 0.111. The number of carbonyl (C=O) groups is 1. The molecule has 1 heterocycles. The minimum absolute atomic E-state index is 0.221. The molecule has 0 saturated carbocycles. The van der Waals surface area contributed by atoms with Crippen LogP contribution in [0.4, 0.5) is 0 Å². The smallest absolute Gasteiger partial charge is 0.266 e. The number of amides is 1. The van der Waals surface area contributed by atoms with Gasteiger partial charge >= 0.3 is 6.33 Å². The first-order chi connectivity index (χ1) is 7.25. The number of hydrogen-bond acceptors (Lipinski definition) is 3. The molecule has 76 valence electrons. The molecule has 1 amide bonds. The molecule has 1 aromatic carbocycles. The molecule has 0 unspecified atom stereocenters. The van der Waals surface area contributed by atoms with Crippen LogP contribution in [-0.4, -0.2) is 21.0 Å². The van der Waals surface area contributed by atoms with Gasteiger partial charge < -0.3 is 0 Å². The van der Waals surface area contributed by atoms with E-state index in [0.29, 0.717) is 5.56 Å². The van der Waals surface area contributed by atoms with Crippen LogP contribution in [0.15, 0.2) is 36.7 Å². The van der Waals surface area contributed by atoms with Gasteiger partial charge in [-0.1, -0.05) is 18.2 Å². The van der Waals surface area contributed by atoms with Crippen molar-refractivity contribution >= 4 is 5.91 Å². The van der Waals surface area contributed by atoms with Crippen LogP contribution in [0.2, 0.25) is 0 Å². The van der Waals surface area contributed by atoms with Gasteiger partial charge in [0.1, 0.15) is 7.05 Å². The predicted octanol–water partition coefficient (Wildman–Crippen LogP) is -0.514. The van der Waals surface area contributed by atoms with Crippen LogP contribution in [0.25, 0.3) is 0 Å². The highest BCUT2D eigenvalue weighted by Crippen LogP contribution is 1.96. The number of benzene rings is 1. The van der Waals surface area contributed by atoms with Gasteiger partial charge in [-0.2, -0.15) is 5.43 Å². The maximum Gasteiger partial charge on any atom is 0.310 e. The van der Waals surface area contributed by atoms with Gasteiger partial charge in [0.05, 0.1) is 10.3 Å². The summed E-state index contributed by atoms with van der Waals surface area (Å²) < 4.78 is 0. The second kappa shape index (κ2) is 3.87. The Kier molecular flexibility index (Phi) is 2.40. The topological polar surface area (TPSA) is 63.7 Å². The van der Waals surface area contributed by atoms with Crippen LogP contribution < -0.4 is 10.2 Å². The van der Waals surface area contributed by atoms with Gasteiger partial charge in [-0.3, -0.25) is 4.79 Å². The van der Waals surface area contributed by atoms with Crippen molar-refractivity contribution in [3.8, 4) is 0 Å². The largest absolute Gasteiger partial charge is 0.310 e. The van der Waals surface area contributed by atoms with Crippen LogP contribution >= 0.6 is 0 Å². The van der Waals surface area contributed by atoms with Crippen LogP contribution in [0.5, 0.6) is 0 Å². The third-order valence-electron chi connectivity index (χ3n) is 1.81. The molecule has 15 heavy (non-hydrogen) atoms. The number of carbonyl (C=O) groups excluding carboxylic acids is 1. The lowest BCUT2D eigenvalue weighted by Gasteiger charge is -1.98. The van der Waals surface area contributed by atoms with Gasteiger partial charge in [-0.15, -0.1) is 0 Å². The highest BCUT2D eigenvalue weighted by atomic mass is 16.2. The summed E-state index contributed by atoms with van der Waals surface area (Å²) in [5, 5.41) is 7.68. The standard InChI is InChI=1S/C9H9N5O/c1-13-10-7-14(12-13)11-9(15)8-5-3-2-4-6-8/h2-7H,1H3/p+1. The predicted molar refractivity (Wildman–Crippen MR) is 51.3 cm³/mol. The quantitative estimate of drug-likeness (QED) is 0.670. The van der Waals surface area contributed by atoms with E-state index in [-0.39, 0.29) is 5.91 Å². The molecule has 6 heteroatoms. The van der Waals surface area contributed by atoms with Crippen molar-refractivity contribution in [1.29, 1.82) is 0 Å². The molecule has 0 radical (unpaired) electrons. The Balaban J connectivity index is 2.11. The Labute approximate surface area is 86.1 Å². The molecule has 0 atom stereocenters. The Morgan fingerprint density at radius 2 is 2.13 bits per heavy atom. The normalized spacial score (nSPS) is 9.93. The third-order valence-corrected chi connectivity index (χ3v) is 1.81. The summed E-state index contributed by atoms with van der Waals surface area (Å²) in [6.45, 7) is 0. The summed E-state index contributed by atoms with van der Waals surface area (Å²) in [5.41, 5.74) is 3.14. The first-order valence-corrected chi connectivity index (χ1v) is 4.40. The lowest BCUT2D eigenvalue weighted by atomic mass is 10.2. The highest BCUT2D eigenvalue weighted by molar-refractivity contribution is 5.98. The van der Waals surface area contributed by atoms with Crippen molar-refractivity contribution < 1.29 is 9.59 Å². The minimum atomic E-state index is -0.221. The second-order valence-corrected chi connectivity index (χ2v) is 2.96. The van der Waals surface area contributed by atoms with Crippen molar-refractivity contribution in [2.24, 2.45) is 7.05 Å². The fourth-order valence-electron chi connectivity index (χ4n) is 1.12. The van der Waals surface area contributed by atoms with Gasteiger partial charge in [0.25, 0.3) is 5.91 Å². The molecular formula is C9H10N5O+. The molecule has 6 nitrogen and oxygen atoms in total. The number of nitrogens with one attached hydrogen (secondary N) is 1. The summed E-state index contributed by atoms with van der Waals surface area (Å²) in [7, 11) is 1.67. The zero-order valence-corrected chi connectivity index (χ0v) is 8.16. The minimum Gasteiger partial charge on any atom is -0.266 e. The fourth-order valence-corrected chi connectivity index (χ4v) is 1.12. The molecule has 0 aliphatic heterocycles. The lowest BCUT2D eigenvalue weighted by molar-refractivity contribution is -0.704. The van der Waals surface area contributed by atoms with Crippen molar-refractivity contribution in [3.05, 3.63) is 42.2 Å². The van der Waals surface area contributed by atoms with Gasteiger partial charge in [-0.25, -0.2) is 0 Å². The van der Waals surface area contributed by atoms with Crippen molar-refractivity contribution in [1.82, 2.24) is 15.1 Å². The average Bonchev–Trinajstić information content (AvgIpc) is 2.65. The molecule has 0 bridgehead atoms. The Morgan fingerprint density at radius 1 is 1.40 bits per heavy atom. The van der Waals surface area contributed by atoms with Crippen LogP contribution in [-0.2, 0) is 7.05 Å². The van der Waals surface area contributed by atoms with Crippen molar-refractivity contribution in [2.45, 2.75) is 0 Å². The third kappa shape index (κ3) is 2.16. The molecule has 1 N–H and O–H groups in total. The summed E-state index contributed by atoms with van der Waals surface area (Å²) in [6.07, 6.45) is 1.42. The maximum absolute atomic E-state index is 11.6. The van der Waals surface area contributed by atoms with Gasteiger partial charge in [0.15, 0.2) is 0 Å². The Bertz CT molecular complexity index is 464. The summed E-state index contributed by atoms with van der Waals surface area (Å²) >= 11 is 0. The summed E-state index contributed by atoms with van der Waals surface area (Å²) in [4.78, 5) is 14.2. The number of nitrogens with zero attached hydrogens (tertiary/aromatic N) is 4. The first-order valence-electron chi connectivity index (χ1n) is 4.40. The summed E-state index contributed by atoms with van der Waals surface area (Å²) in [6, 6.07) is 8.91. The Morgan fingerprint density at radius 3 is 2.73 bits per heavy atom. The number of tetrazole rings is 1. The zero-order chi connectivity index (χ0) is 10.7. The average molecular weight is 204 g/mol. The highest BCUT2D eigenvalue weighted by Gasteiger charge is 2.09. The molecular weight excluding hydrogens is 194 g/mol. The molecule has 0 fully saturated rings. The monoisotopic (exact) mass is 204 g/mol. The molecule has 0 aliphatic carbocycles. The lowest BCUT2D eigenvalue weighted by Crippen LogP contribution is -2.50. The summed E-state index contributed by atoms with van der Waals surface area (Å²) in [5.74, 6) is -0.221. The van der Waals surface area contributed by atoms with E-state index in [9.17, 15) is 4.79 Å². The van der Waals surface area contributed by atoms with Gasteiger partial charge in [-0.05, 0) is 21.7 Å². The SMILES string of the molecule is Cn1nc[n+](NC(=O)c2ccccc2)n1. The van der Waals surface area contributed by atoms with Crippen LogP contribution in [0.1, 0.15) is 10.4 Å². The van der Waals surface area contributed by atoms with Gasteiger partial charge in [0.2, 0.25) is 0 Å². The molecule has 2 rings (SSSR count). The molecule has 1 aromatic heterocycles. The Hall–Kier alpha value is -2.24. The van der Waals surface area contributed by atoms with Crippen molar-refractivity contribution in [2.75, 3.05) is 5.43 Å². The van der Waals surface area contributed by atoms with Crippen LogP contribution in [0.3, 0.4) is 0 Å². The van der Waals surface area contributed by atoms with E-state index in [2.05, 4.69) is 15.7 Å². The van der Waals surface area contributed by atoms with E-state index in [4.69, 9.17) is 0 Å². The van der Waals surface area contributed by atoms with Crippen molar-refractivity contribution in [3.63, 3.8) is 0 Å². The van der Waals surface area contributed by atoms with Gasteiger partial charge in [0, 0.05) is 5.56 Å². The number of rotatable bonds is 2. The van der Waals surface area contributed by atoms with E-state index in [1.165, 1.54) is 15.9 Å². The van der Waals surface area contributed by atoms with Crippen LogP contribution in [0, 0.1) is 0 Å². The molecule has 0 aliphatic rings. The van der Waals surface area contributed by atoms with E-state index in [1.807, 2.05) is 6.07 Å². The number of hydrogen-bond donors (Lipinski definition) is 1.